The Morgan fingerprint density at radius 3 is 2.67 bits per heavy atom. The zero-order valence-corrected chi connectivity index (χ0v) is 12.2. The third-order valence-corrected chi connectivity index (χ3v) is 4.59. The van der Waals surface area contributed by atoms with Gasteiger partial charge in [0.1, 0.15) is 0 Å². The van der Waals surface area contributed by atoms with Crippen molar-refractivity contribution in [1.82, 2.24) is 4.57 Å². The zero-order valence-electron chi connectivity index (χ0n) is 12.2. The lowest BCUT2D eigenvalue weighted by Crippen LogP contribution is -2.00. The summed E-state index contributed by atoms with van der Waals surface area (Å²) in [5.41, 5.74) is 12.7. The number of benzene rings is 2. The second-order valence-corrected chi connectivity index (χ2v) is 6.00. The molecule has 106 valence electrons. The second kappa shape index (κ2) is 5.05. The lowest BCUT2D eigenvalue weighted by molar-refractivity contribution is 0.834. The number of fused-ring (bicyclic) bond motifs is 2. The van der Waals surface area contributed by atoms with E-state index in [1.165, 1.54) is 41.3 Å². The van der Waals surface area contributed by atoms with Crippen LogP contribution in [0.25, 0.3) is 10.9 Å². The summed E-state index contributed by atoms with van der Waals surface area (Å²) in [6.45, 7) is 1.55. The Hall–Kier alpha value is -2.06. The predicted molar refractivity (Wildman–Crippen MR) is 87.4 cm³/mol. The summed E-state index contributed by atoms with van der Waals surface area (Å²) in [6, 6.07) is 15.7. The largest absolute Gasteiger partial charge is 0.343 e. The number of hydrogen-bond acceptors (Lipinski definition) is 1. The van der Waals surface area contributed by atoms with Gasteiger partial charge in [0.15, 0.2) is 0 Å². The molecule has 0 unspecified atom stereocenters. The Balaban J connectivity index is 1.68. The van der Waals surface area contributed by atoms with Crippen LogP contribution < -0.4 is 5.73 Å². The van der Waals surface area contributed by atoms with Gasteiger partial charge in [-0.3, -0.25) is 0 Å². The maximum Gasteiger partial charge on any atom is 0.0483 e. The number of rotatable bonds is 3. The van der Waals surface area contributed by atoms with Crippen molar-refractivity contribution in [3.63, 3.8) is 0 Å². The molecule has 2 heteroatoms. The van der Waals surface area contributed by atoms with Gasteiger partial charge in [0.2, 0.25) is 0 Å². The van der Waals surface area contributed by atoms with Gasteiger partial charge >= 0.3 is 0 Å². The van der Waals surface area contributed by atoms with Crippen LogP contribution in [0.5, 0.6) is 0 Å². The highest BCUT2D eigenvalue weighted by atomic mass is 14.9. The molecule has 1 aromatic heterocycles. The molecule has 4 rings (SSSR count). The van der Waals surface area contributed by atoms with Crippen molar-refractivity contribution in [2.45, 2.75) is 32.4 Å². The molecule has 1 heterocycles. The highest BCUT2D eigenvalue weighted by Crippen LogP contribution is 2.24. The normalized spacial score (nSPS) is 13.8. The van der Waals surface area contributed by atoms with Crippen molar-refractivity contribution in [3.05, 3.63) is 70.9 Å². The van der Waals surface area contributed by atoms with E-state index in [1.807, 2.05) is 0 Å². The average Bonchev–Trinajstić information content (AvgIpc) is 3.13. The molecular weight excluding hydrogens is 256 g/mol. The molecule has 1 aliphatic carbocycles. The van der Waals surface area contributed by atoms with E-state index in [1.54, 1.807) is 11.1 Å². The first-order chi connectivity index (χ1) is 10.3. The molecule has 1 aliphatic rings. The van der Waals surface area contributed by atoms with Gasteiger partial charge in [-0.05, 0) is 65.1 Å². The van der Waals surface area contributed by atoms with E-state index < -0.39 is 0 Å². The summed E-state index contributed by atoms with van der Waals surface area (Å²) < 4.78 is 2.33. The maximum absolute atomic E-state index is 5.72. The number of hydrogen-bond donors (Lipinski definition) is 1. The lowest BCUT2D eigenvalue weighted by atomic mass is 10.1. The summed E-state index contributed by atoms with van der Waals surface area (Å²) in [4.78, 5) is 0. The second-order valence-electron chi connectivity index (χ2n) is 6.00. The van der Waals surface area contributed by atoms with E-state index in [0.717, 1.165) is 6.54 Å². The van der Waals surface area contributed by atoms with Crippen molar-refractivity contribution in [1.29, 1.82) is 0 Å². The van der Waals surface area contributed by atoms with Gasteiger partial charge in [0.05, 0.1) is 0 Å². The molecule has 0 saturated heterocycles. The van der Waals surface area contributed by atoms with Crippen LogP contribution in [-0.4, -0.2) is 4.57 Å². The topological polar surface area (TPSA) is 30.9 Å². The fourth-order valence-corrected chi connectivity index (χ4v) is 3.43. The minimum Gasteiger partial charge on any atom is -0.343 e. The van der Waals surface area contributed by atoms with E-state index in [-0.39, 0.29) is 0 Å². The van der Waals surface area contributed by atoms with Crippen LogP contribution in [0, 0.1) is 0 Å². The van der Waals surface area contributed by atoms with Crippen LogP contribution in [0.1, 0.15) is 28.7 Å². The fourth-order valence-electron chi connectivity index (χ4n) is 3.43. The van der Waals surface area contributed by atoms with Gasteiger partial charge in [-0.1, -0.05) is 24.3 Å². The summed E-state index contributed by atoms with van der Waals surface area (Å²) in [5, 5.41) is 1.28. The predicted octanol–water partition coefficient (Wildman–Crippen LogP) is 3.64. The van der Waals surface area contributed by atoms with E-state index in [4.69, 9.17) is 5.73 Å². The molecule has 0 amide bonds. The van der Waals surface area contributed by atoms with Gasteiger partial charge in [0.25, 0.3) is 0 Å². The zero-order chi connectivity index (χ0) is 14.2. The molecule has 3 aromatic rings. The molecule has 0 radical (unpaired) electrons. The summed E-state index contributed by atoms with van der Waals surface area (Å²) in [7, 11) is 0. The Labute approximate surface area is 125 Å². The molecule has 0 saturated carbocycles. The van der Waals surface area contributed by atoms with Crippen LogP contribution >= 0.6 is 0 Å². The Morgan fingerprint density at radius 1 is 0.905 bits per heavy atom. The van der Waals surface area contributed by atoms with Crippen LogP contribution in [0.15, 0.2) is 48.7 Å². The Morgan fingerprint density at radius 2 is 1.76 bits per heavy atom. The van der Waals surface area contributed by atoms with Crippen molar-refractivity contribution in [3.8, 4) is 0 Å². The molecule has 0 atom stereocenters. The Bertz CT molecular complexity index is 798. The average molecular weight is 276 g/mol. The molecule has 0 fully saturated rings. The van der Waals surface area contributed by atoms with Crippen molar-refractivity contribution in [2.75, 3.05) is 0 Å². The van der Waals surface area contributed by atoms with Crippen molar-refractivity contribution < 1.29 is 0 Å². The van der Waals surface area contributed by atoms with E-state index in [0.29, 0.717) is 6.54 Å². The molecule has 2 aromatic carbocycles. The lowest BCUT2D eigenvalue weighted by Gasteiger charge is -2.08. The van der Waals surface area contributed by atoms with Crippen molar-refractivity contribution in [2.24, 2.45) is 5.73 Å². The van der Waals surface area contributed by atoms with Crippen molar-refractivity contribution >= 4 is 10.9 Å². The molecule has 0 bridgehead atoms. The molecule has 0 aliphatic heterocycles. The van der Waals surface area contributed by atoms with Gasteiger partial charge in [-0.2, -0.15) is 0 Å². The number of nitrogens with zero attached hydrogens (tertiary/aromatic N) is 1. The molecular formula is C19H20N2. The number of aryl methyl sites for hydroxylation is 2. The molecule has 21 heavy (non-hydrogen) atoms. The van der Waals surface area contributed by atoms with E-state index in [2.05, 4.69) is 53.2 Å². The Kier molecular flexibility index (Phi) is 3.04. The van der Waals surface area contributed by atoms with E-state index >= 15 is 0 Å². The van der Waals surface area contributed by atoms with Crippen LogP contribution in [0.4, 0.5) is 0 Å². The van der Waals surface area contributed by atoms with Gasteiger partial charge < -0.3 is 10.3 Å². The highest BCUT2D eigenvalue weighted by molar-refractivity contribution is 5.81. The fraction of sp³-hybridized carbons (Fsp3) is 0.263. The maximum atomic E-state index is 5.72. The van der Waals surface area contributed by atoms with Gasteiger partial charge in [0, 0.05) is 24.8 Å². The summed E-state index contributed by atoms with van der Waals surface area (Å²) >= 11 is 0. The van der Waals surface area contributed by atoms with Crippen LogP contribution in [0.2, 0.25) is 0 Å². The molecule has 2 N–H and O–H groups in total. The number of aromatic nitrogens is 1. The molecule has 0 spiro atoms. The minimum atomic E-state index is 0.603. The van der Waals surface area contributed by atoms with Crippen LogP contribution in [-0.2, 0) is 25.9 Å². The highest BCUT2D eigenvalue weighted by Gasteiger charge is 2.11. The third-order valence-electron chi connectivity index (χ3n) is 4.59. The quantitative estimate of drug-likeness (QED) is 0.778. The SMILES string of the molecule is NCc1ccc2c(ccn2Cc2ccc3c(c2)CCC3)c1. The first-order valence-electron chi connectivity index (χ1n) is 7.72. The first-order valence-corrected chi connectivity index (χ1v) is 7.72. The summed E-state index contributed by atoms with van der Waals surface area (Å²) in [6.07, 6.45) is 5.99. The standard InChI is InChI=1S/C19H20N2/c20-12-14-5-7-19-18(10-14)8-9-21(19)13-15-4-6-16-2-1-3-17(16)11-15/h4-11H,1-3,12-13,20H2. The smallest absolute Gasteiger partial charge is 0.0483 e. The van der Waals surface area contributed by atoms with Gasteiger partial charge in [-0.15, -0.1) is 0 Å². The van der Waals surface area contributed by atoms with Crippen LogP contribution in [0.3, 0.4) is 0 Å². The monoisotopic (exact) mass is 276 g/mol. The minimum absolute atomic E-state index is 0.603. The van der Waals surface area contributed by atoms with E-state index in [9.17, 15) is 0 Å². The molecule has 2 nitrogen and oxygen atoms in total. The number of nitrogens with two attached hydrogens (primary N) is 1. The first kappa shape index (κ1) is 12.7. The van der Waals surface area contributed by atoms with Gasteiger partial charge in [-0.25, -0.2) is 0 Å². The third kappa shape index (κ3) is 2.26. The summed E-state index contributed by atoms with van der Waals surface area (Å²) in [5.74, 6) is 0.